The maximum absolute atomic E-state index is 14.9. The van der Waals surface area contributed by atoms with Crippen molar-refractivity contribution in [2.24, 2.45) is 11.8 Å². The number of carbonyl (C=O) groups excluding carboxylic acids is 2. The number of halogens is 2. The van der Waals surface area contributed by atoms with E-state index >= 15 is 0 Å². The van der Waals surface area contributed by atoms with Gasteiger partial charge in [0.1, 0.15) is 11.9 Å². The summed E-state index contributed by atoms with van der Waals surface area (Å²) in [7, 11) is 0. The summed E-state index contributed by atoms with van der Waals surface area (Å²) in [4.78, 5) is 25.1. The van der Waals surface area contributed by atoms with Crippen molar-refractivity contribution >= 4 is 11.9 Å². The standard InChI is InChI=1S/C49H76F2O6/c1-3-5-7-9-11-13-14-15-16-17-18-20-24-31-39-55-47(53)35-29-23-22-28-34-44-43(37-38-49(50,51)41-56-42-32-26-25-27-33-42)45(52)40-46(44)57-48(54)36-30-21-19-12-10-8-6-4-2/h4,13-14,22,25-28,32-33,37-38,43-46,52H,2-3,5-12,15-21,23-24,29-31,34-36,39-41H2,1H3/b14-13+,28-22-,38-37+/t43-,44-,45-,46+/m1/s1. The van der Waals surface area contributed by atoms with Gasteiger partial charge in [-0.25, -0.2) is 0 Å². The zero-order valence-corrected chi connectivity index (χ0v) is 35.3. The molecule has 0 spiro atoms. The highest BCUT2D eigenvalue weighted by Gasteiger charge is 2.43. The van der Waals surface area contributed by atoms with Crippen molar-refractivity contribution in [2.45, 2.75) is 186 Å². The molecule has 1 aliphatic rings. The van der Waals surface area contributed by atoms with Gasteiger partial charge in [0.05, 0.1) is 12.7 Å². The molecule has 2 rings (SSSR count). The van der Waals surface area contributed by atoms with Crippen molar-refractivity contribution in [3.05, 3.63) is 79.4 Å². The van der Waals surface area contributed by atoms with Crippen LogP contribution in [0.5, 0.6) is 5.75 Å². The first kappa shape index (κ1) is 49.9. The van der Waals surface area contributed by atoms with E-state index in [2.05, 4.69) is 25.7 Å². The summed E-state index contributed by atoms with van der Waals surface area (Å²) in [6.45, 7) is 5.63. The van der Waals surface area contributed by atoms with Crippen LogP contribution in [0.1, 0.15) is 167 Å². The minimum Gasteiger partial charge on any atom is -0.487 e. The molecule has 4 atom stereocenters. The van der Waals surface area contributed by atoms with Gasteiger partial charge in [0, 0.05) is 31.1 Å². The molecular weight excluding hydrogens is 723 g/mol. The molecule has 1 fully saturated rings. The van der Waals surface area contributed by atoms with Crippen LogP contribution in [0.15, 0.2) is 79.4 Å². The van der Waals surface area contributed by atoms with Crippen molar-refractivity contribution in [2.75, 3.05) is 13.2 Å². The highest BCUT2D eigenvalue weighted by Crippen LogP contribution is 2.39. The summed E-state index contributed by atoms with van der Waals surface area (Å²) in [6, 6.07) is 8.46. The number of hydrogen-bond acceptors (Lipinski definition) is 6. The van der Waals surface area contributed by atoms with Gasteiger partial charge in [-0.05, 0) is 88.8 Å². The lowest BCUT2D eigenvalue weighted by molar-refractivity contribution is -0.151. The number of ether oxygens (including phenoxy) is 3. The van der Waals surface area contributed by atoms with Crippen LogP contribution in [0.3, 0.4) is 0 Å². The maximum Gasteiger partial charge on any atom is 0.306 e. The lowest BCUT2D eigenvalue weighted by Crippen LogP contribution is -2.26. The Morgan fingerprint density at radius 3 is 2.02 bits per heavy atom. The Balaban J connectivity index is 1.74. The van der Waals surface area contributed by atoms with E-state index in [1.54, 1.807) is 30.3 Å². The summed E-state index contributed by atoms with van der Waals surface area (Å²) >= 11 is 0. The van der Waals surface area contributed by atoms with Crippen LogP contribution in [-0.2, 0) is 19.1 Å². The van der Waals surface area contributed by atoms with Gasteiger partial charge in [-0.1, -0.05) is 132 Å². The fourth-order valence-electron chi connectivity index (χ4n) is 7.30. The molecule has 0 amide bonds. The molecule has 322 valence electrons. The van der Waals surface area contributed by atoms with Gasteiger partial charge in [-0.15, -0.1) is 6.58 Å². The third-order valence-electron chi connectivity index (χ3n) is 10.7. The molecule has 1 aromatic rings. The molecule has 0 radical (unpaired) electrons. The minimum absolute atomic E-state index is 0.189. The van der Waals surface area contributed by atoms with Gasteiger partial charge in [0.25, 0.3) is 5.92 Å². The summed E-state index contributed by atoms with van der Waals surface area (Å²) in [5.41, 5.74) is 0. The van der Waals surface area contributed by atoms with E-state index in [4.69, 9.17) is 14.2 Å². The van der Waals surface area contributed by atoms with Crippen LogP contribution in [0.25, 0.3) is 0 Å². The molecule has 57 heavy (non-hydrogen) atoms. The smallest absolute Gasteiger partial charge is 0.306 e. The van der Waals surface area contributed by atoms with E-state index in [1.165, 1.54) is 70.3 Å². The van der Waals surface area contributed by atoms with E-state index in [1.807, 2.05) is 18.2 Å². The summed E-state index contributed by atoms with van der Waals surface area (Å²) in [5.74, 6) is -4.39. The number of benzene rings is 1. The first-order valence-corrected chi connectivity index (χ1v) is 22.4. The van der Waals surface area contributed by atoms with Gasteiger partial charge in [-0.3, -0.25) is 9.59 Å². The summed E-state index contributed by atoms with van der Waals surface area (Å²) in [6.07, 6.45) is 35.4. The normalized spacial score (nSPS) is 18.5. The van der Waals surface area contributed by atoms with Crippen LogP contribution in [0.2, 0.25) is 0 Å². The zero-order valence-electron chi connectivity index (χ0n) is 35.3. The molecule has 1 aromatic carbocycles. The topological polar surface area (TPSA) is 82.1 Å². The number of alkyl halides is 2. The Kier molecular flexibility index (Phi) is 28.6. The van der Waals surface area contributed by atoms with Crippen LogP contribution in [0, 0.1) is 11.8 Å². The SMILES string of the molecule is C=CCCCCCCCCC(=O)O[C@H]1C[C@@H](O)[C@H](/C=C/C(F)(F)COc2ccccc2)[C@H]1C/C=C\CCCC(=O)OCCCCCCCC/C=C/CCCCCC. The maximum atomic E-state index is 14.9. The molecule has 0 saturated heterocycles. The van der Waals surface area contributed by atoms with Crippen LogP contribution < -0.4 is 4.74 Å². The molecule has 0 heterocycles. The lowest BCUT2D eigenvalue weighted by atomic mass is 9.89. The van der Waals surface area contributed by atoms with Crippen molar-refractivity contribution in [1.82, 2.24) is 0 Å². The second-order valence-electron chi connectivity index (χ2n) is 15.8. The molecule has 8 heteroatoms. The van der Waals surface area contributed by atoms with Gasteiger partial charge >= 0.3 is 11.9 Å². The number of esters is 2. The van der Waals surface area contributed by atoms with Gasteiger partial charge in [0.15, 0.2) is 6.61 Å². The Morgan fingerprint density at radius 2 is 1.33 bits per heavy atom. The predicted molar refractivity (Wildman–Crippen MR) is 229 cm³/mol. The second-order valence-corrected chi connectivity index (χ2v) is 15.8. The van der Waals surface area contributed by atoms with E-state index in [9.17, 15) is 23.5 Å². The van der Waals surface area contributed by atoms with E-state index in [-0.39, 0.29) is 24.3 Å². The average Bonchev–Trinajstić information content (AvgIpc) is 3.49. The Hall–Kier alpha value is -3.26. The van der Waals surface area contributed by atoms with Crippen molar-refractivity contribution in [1.29, 1.82) is 0 Å². The highest BCUT2D eigenvalue weighted by atomic mass is 19.3. The van der Waals surface area contributed by atoms with Crippen LogP contribution >= 0.6 is 0 Å². The minimum atomic E-state index is -3.25. The van der Waals surface area contributed by atoms with Gasteiger partial charge in [-0.2, -0.15) is 8.78 Å². The number of allylic oxidation sites excluding steroid dienone is 5. The van der Waals surface area contributed by atoms with E-state index in [0.29, 0.717) is 44.5 Å². The quantitative estimate of drug-likeness (QED) is 0.0418. The number of para-hydroxylation sites is 1. The third-order valence-corrected chi connectivity index (χ3v) is 10.7. The van der Waals surface area contributed by atoms with E-state index in [0.717, 1.165) is 63.9 Å². The van der Waals surface area contributed by atoms with Crippen molar-refractivity contribution < 1.29 is 37.7 Å². The molecular formula is C49H76F2O6. The highest BCUT2D eigenvalue weighted by molar-refractivity contribution is 5.69. The molecule has 1 aliphatic carbocycles. The molecule has 0 aliphatic heterocycles. The second kappa shape index (κ2) is 32.7. The number of unbranched alkanes of at least 4 members (excludes halogenated alkanes) is 17. The van der Waals surface area contributed by atoms with Crippen LogP contribution in [-0.4, -0.2) is 48.4 Å². The first-order valence-electron chi connectivity index (χ1n) is 22.4. The number of aliphatic hydroxyl groups is 1. The Bertz CT molecular complexity index is 1260. The fourth-order valence-corrected chi connectivity index (χ4v) is 7.30. The number of rotatable bonds is 35. The molecule has 1 N–H and O–H groups in total. The van der Waals surface area contributed by atoms with Gasteiger partial charge in [0.2, 0.25) is 0 Å². The number of aliphatic hydroxyl groups excluding tert-OH is 1. The Morgan fingerprint density at radius 1 is 0.754 bits per heavy atom. The van der Waals surface area contributed by atoms with Crippen molar-refractivity contribution in [3.63, 3.8) is 0 Å². The fraction of sp³-hybridized carbons (Fsp3) is 0.673. The number of carbonyl (C=O) groups is 2. The van der Waals surface area contributed by atoms with Gasteiger partial charge < -0.3 is 19.3 Å². The molecule has 0 aromatic heterocycles. The van der Waals surface area contributed by atoms with E-state index < -0.39 is 30.7 Å². The monoisotopic (exact) mass is 799 g/mol. The average molecular weight is 799 g/mol. The molecule has 0 bridgehead atoms. The zero-order chi connectivity index (χ0) is 41.2. The largest absolute Gasteiger partial charge is 0.487 e. The molecule has 0 unspecified atom stereocenters. The number of hydrogen-bond donors (Lipinski definition) is 1. The summed E-state index contributed by atoms with van der Waals surface area (Å²) < 4.78 is 46.4. The summed E-state index contributed by atoms with van der Waals surface area (Å²) in [5, 5.41) is 11.0. The molecule has 6 nitrogen and oxygen atoms in total. The third kappa shape index (κ3) is 25.7. The molecule has 1 saturated carbocycles. The lowest BCUT2D eigenvalue weighted by Gasteiger charge is -2.23. The van der Waals surface area contributed by atoms with Crippen molar-refractivity contribution in [3.8, 4) is 5.75 Å². The first-order chi connectivity index (χ1) is 27.8. The predicted octanol–water partition coefficient (Wildman–Crippen LogP) is 13.4. The van der Waals surface area contributed by atoms with Crippen LogP contribution in [0.4, 0.5) is 8.78 Å². The Labute approximate surface area is 344 Å².